The molecule has 0 saturated carbocycles. The quantitative estimate of drug-likeness (QED) is 0.781. The Hall–Kier alpha value is -3.28. The Bertz CT molecular complexity index is 820. The first-order valence-electron chi connectivity index (χ1n) is 7.40. The molecule has 0 atom stereocenters. The van der Waals surface area contributed by atoms with Crippen molar-refractivity contribution < 1.29 is 9.53 Å². The largest absolute Gasteiger partial charge is 0.481 e. The summed E-state index contributed by atoms with van der Waals surface area (Å²) in [5, 5.41) is 2.87. The molecule has 3 heterocycles. The molecule has 0 unspecified atom stereocenters. The Labute approximate surface area is 139 Å². The molecule has 0 fully saturated rings. The number of hydrogen-bond donors (Lipinski definition) is 1. The van der Waals surface area contributed by atoms with Gasteiger partial charge in [-0.3, -0.25) is 14.8 Å². The fraction of sp³-hybridized carbons (Fsp3) is 0.111. The van der Waals surface area contributed by atoms with Crippen LogP contribution in [0.2, 0.25) is 0 Å². The van der Waals surface area contributed by atoms with E-state index in [2.05, 4.69) is 20.3 Å². The van der Waals surface area contributed by atoms with Crippen LogP contribution in [0.5, 0.6) is 5.88 Å². The maximum Gasteiger partial charge on any atom is 0.253 e. The Morgan fingerprint density at radius 2 is 2.04 bits per heavy atom. The highest BCUT2D eigenvalue weighted by molar-refractivity contribution is 5.93. The zero-order valence-corrected chi connectivity index (χ0v) is 13.1. The van der Waals surface area contributed by atoms with Crippen molar-refractivity contribution in [1.82, 2.24) is 20.3 Å². The maximum atomic E-state index is 12.2. The predicted molar refractivity (Wildman–Crippen MR) is 89.4 cm³/mol. The van der Waals surface area contributed by atoms with Crippen LogP contribution in [0.15, 0.2) is 61.2 Å². The van der Waals surface area contributed by atoms with Crippen molar-refractivity contribution in [3.63, 3.8) is 0 Å². The molecular weight excluding hydrogens is 304 g/mol. The van der Waals surface area contributed by atoms with Crippen molar-refractivity contribution in [1.29, 1.82) is 0 Å². The summed E-state index contributed by atoms with van der Waals surface area (Å²) in [7, 11) is 1.53. The highest BCUT2D eigenvalue weighted by Crippen LogP contribution is 2.16. The van der Waals surface area contributed by atoms with Gasteiger partial charge in [0, 0.05) is 43.0 Å². The van der Waals surface area contributed by atoms with E-state index in [0.717, 1.165) is 16.8 Å². The Morgan fingerprint density at radius 1 is 1.12 bits per heavy atom. The van der Waals surface area contributed by atoms with Gasteiger partial charge in [0.05, 0.1) is 18.4 Å². The first kappa shape index (κ1) is 15.6. The lowest BCUT2D eigenvalue weighted by molar-refractivity contribution is 0.0950. The lowest BCUT2D eigenvalue weighted by atomic mass is 10.1. The van der Waals surface area contributed by atoms with Gasteiger partial charge in [-0.25, -0.2) is 4.98 Å². The van der Waals surface area contributed by atoms with E-state index in [1.807, 2.05) is 24.3 Å². The van der Waals surface area contributed by atoms with Crippen molar-refractivity contribution in [2.45, 2.75) is 6.54 Å². The molecule has 3 aromatic heterocycles. The minimum atomic E-state index is -0.190. The van der Waals surface area contributed by atoms with Gasteiger partial charge in [-0.05, 0) is 35.9 Å². The summed E-state index contributed by atoms with van der Waals surface area (Å²) in [5.74, 6) is 0.284. The van der Waals surface area contributed by atoms with E-state index in [0.29, 0.717) is 18.0 Å². The number of carbonyl (C=O) groups is 1. The molecule has 6 heteroatoms. The molecule has 120 valence electrons. The molecule has 1 amide bonds. The van der Waals surface area contributed by atoms with Crippen LogP contribution in [0.3, 0.4) is 0 Å². The van der Waals surface area contributed by atoms with Crippen LogP contribution in [0.4, 0.5) is 0 Å². The summed E-state index contributed by atoms with van der Waals surface area (Å²) in [5.41, 5.74) is 3.20. The van der Waals surface area contributed by atoms with E-state index in [-0.39, 0.29) is 5.91 Å². The van der Waals surface area contributed by atoms with Crippen molar-refractivity contribution in [3.8, 4) is 17.1 Å². The third-order valence-corrected chi connectivity index (χ3v) is 3.44. The Morgan fingerprint density at radius 3 is 2.75 bits per heavy atom. The van der Waals surface area contributed by atoms with Crippen LogP contribution in [0, 0.1) is 0 Å². The third kappa shape index (κ3) is 3.73. The summed E-state index contributed by atoms with van der Waals surface area (Å²) >= 11 is 0. The van der Waals surface area contributed by atoms with Crippen LogP contribution in [0.1, 0.15) is 15.9 Å². The molecule has 6 nitrogen and oxygen atoms in total. The van der Waals surface area contributed by atoms with Gasteiger partial charge < -0.3 is 10.1 Å². The molecule has 0 aliphatic rings. The van der Waals surface area contributed by atoms with E-state index in [1.165, 1.54) is 13.3 Å². The van der Waals surface area contributed by atoms with Crippen molar-refractivity contribution in [2.75, 3.05) is 7.11 Å². The van der Waals surface area contributed by atoms with Gasteiger partial charge in [-0.2, -0.15) is 0 Å². The monoisotopic (exact) mass is 320 g/mol. The van der Waals surface area contributed by atoms with E-state index in [9.17, 15) is 4.79 Å². The van der Waals surface area contributed by atoms with Crippen molar-refractivity contribution in [3.05, 3.63) is 72.3 Å². The number of hydrogen-bond acceptors (Lipinski definition) is 5. The lowest BCUT2D eigenvalue weighted by Crippen LogP contribution is -2.22. The predicted octanol–water partition coefficient (Wildman–Crippen LogP) is 2.48. The summed E-state index contributed by atoms with van der Waals surface area (Å²) in [4.78, 5) is 24.6. The molecule has 0 aromatic carbocycles. The molecule has 0 aliphatic carbocycles. The second-order valence-corrected chi connectivity index (χ2v) is 5.06. The maximum absolute atomic E-state index is 12.2. The van der Waals surface area contributed by atoms with Gasteiger partial charge in [0.1, 0.15) is 0 Å². The van der Waals surface area contributed by atoms with Crippen molar-refractivity contribution in [2.24, 2.45) is 0 Å². The normalized spacial score (nSPS) is 10.2. The number of carbonyl (C=O) groups excluding carboxylic acids is 1. The summed E-state index contributed by atoms with van der Waals surface area (Å²) in [6.07, 6.45) is 6.69. The zero-order chi connectivity index (χ0) is 16.8. The molecule has 0 saturated heterocycles. The average molecular weight is 320 g/mol. The fourth-order valence-corrected chi connectivity index (χ4v) is 2.18. The summed E-state index contributed by atoms with van der Waals surface area (Å²) in [6, 6.07) is 10.9. The Kier molecular flexibility index (Phi) is 4.76. The van der Waals surface area contributed by atoms with Crippen LogP contribution >= 0.6 is 0 Å². The molecule has 0 aliphatic heterocycles. The summed E-state index contributed by atoms with van der Waals surface area (Å²) < 4.78 is 4.98. The highest BCUT2D eigenvalue weighted by atomic mass is 16.5. The fourth-order valence-electron chi connectivity index (χ4n) is 2.18. The van der Waals surface area contributed by atoms with Crippen LogP contribution in [-0.4, -0.2) is 28.0 Å². The number of aromatic nitrogens is 3. The van der Waals surface area contributed by atoms with Crippen molar-refractivity contribution >= 4 is 5.91 Å². The van der Waals surface area contributed by atoms with Gasteiger partial charge in [-0.1, -0.05) is 0 Å². The van der Waals surface area contributed by atoms with E-state index >= 15 is 0 Å². The third-order valence-electron chi connectivity index (χ3n) is 3.44. The molecule has 0 radical (unpaired) electrons. The van der Waals surface area contributed by atoms with Gasteiger partial charge >= 0.3 is 0 Å². The number of pyridine rings is 3. The first-order valence-corrected chi connectivity index (χ1v) is 7.40. The number of nitrogens with one attached hydrogen (secondary N) is 1. The highest BCUT2D eigenvalue weighted by Gasteiger charge is 2.07. The van der Waals surface area contributed by atoms with E-state index in [4.69, 9.17) is 4.74 Å². The van der Waals surface area contributed by atoms with E-state index in [1.54, 1.807) is 30.7 Å². The molecule has 0 bridgehead atoms. The van der Waals surface area contributed by atoms with Crippen LogP contribution < -0.4 is 10.1 Å². The number of nitrogens with zero attached hydrogens (tertiary/aromatic N) is 3. The first-order chi connectivity index (χ1) is 11.8. The molecule has 3 aromatic rings. The smallest absolute Gasteiger partial charge is 0.253 e. The second kappa shape index (κ2) is 7.32. The minimum absolute atomic E-state index is 0.190. The Balaban J connectivity index is 1.67. The van der Waals surface area contributed by atoms with Gasteiger partial charge in [0.25, 0.3) is 5.91 Å². The van der Waals surface area contributed by atoms with Gasteiger partial charge in [0.15, 0.2) is 0 Å². The molecule has 24 heavy (non-hydrogen) atoms. The topological polar surface area (TPSA) is 77.0 Å². The molecule has 1 N–H and O–H groups in total. The number of amides is 1. The van der Waals surface area contributed by atoms with Gasteiger partial charge in [0.2, 0.25) is 5.88 Å². The number of rotatable bonds is 5. The number of ether oxygens (including phenoxy) is 1. The second-order valence-electron chi connectivity index (χ2n) is 5.06. The van der Waals surface area contributed by atoms with Crippen LogP contribution in [0.25, 0.3) is 11.3 Å². The molecule has 0 spiro atoms. The van der Waals surface area contributed by atoms with E-state index < -0.39 is 0 Å². The average Bonchev–Trinajstić information content (AvgIpc) is 2.67. The number of methoxy groups -OCH3 is 1. The zero-order valence-electron chi connectivity index (χ0n) is 13.1. The van der Waals surface area contributed by atoms with Crippen LogP contribution in [-0.2, 0) is 6.54 Å². The molecule has 3 rings (SSSR count). The SMILES string of the molecule is COc1ccc(C(=O)NCc2ccnc(-c3cccnc3)c2)cn1. The lowest BCUT2D eigenvalue weighted by Gasteiger charge is -2.07. The molecular formula is C18H16N4O2. The summed E-state index contributed by atoms with van der Waals surface area (Å²) in [6.45, 7) is 0.403. The standard InChI is InChI=1S/C18H16N4O2/c1-24-17-5-4-15(12-21-17)18(23)22-10-13-6-8-20-16(9-13)14-3-2-7-19-11-14/h2-9,11-12H,10H2,1H3,(H,22,23). The minimum Gasteiger partial charge on any atom is -0.481 e. The van der Waals surface area contributed by atoms with Gasteiger partial charge in [-0.15, -0.1) is 0 Å².